The molecule has 0 heterocycles. The van der Waals surface area contributed by atoms with E-state index in [1.54, 1.807) is 36.4 Å². The minimum absolute atomic E-state index is 0.0514. The van der Waals surface area contributed by atoms with Crippen molar-refractivity contribution in [3.05, 3.63) is 59.7 Å². The van der Waals surface area contributed by atoms with Crippen LogP contribution in [0.2, 0.25) is 0 Å². The van der Waals surface area contributed by atoms with Crippen molar-refractivity contribution in [2.24, 2.45) is 0 Å². The molecule has 2 aromatic rings. The van der Waals surface area contributed by atoms with Crippen LogP contribution in [0.15, 0.2) is 54.1 Å². The Morgan fingerprint density at radius 1 is 1.30 bits per heavy atom. The summed E-state index contributed by atoms with van der Waals surface area (Å²) < 4.78 is 5.32. The fraction of sp³-hybridized carbons (Fsp3) is 0.111. The Hall–Kier alpha value is -3.26. The minimum Gasteiger partial charge on any atom is -0.508 e. The first-order valence-corrected chi connectivity index (χ1v) is 7.07. The predicted molar refractivity (Wildman–Crippen MR) is 87.9 cm³/mol. The van der Waals surface area contributed by atoms with E-state index in [1.807, 2.05) is 13.0 Å². The van der Waals surface area contributed by atoms with Crippen molar-refractivity contribution in [3.63, 3.8) is 0 Å². The number of ether oxygens (including phenoxy) is 1. The summed E-state index contributed by atoms with van der Waals surface area (Å²) in [5.41, 5.74) is 1.09. The predicted octanol–water partition coefficient (Wildman–Crippen LogP) is 3.34. The fourth-order valence-corrected chi connectivity index (χ4v) is 1.93. The topological polar surface area (TPSA) is 82.3 Å². The zero-order valence-electron chi connectivity index (χ0n) is 12.6. The highest BCUT2D eigenvalue weighted by molar-refractivity contribution is 6.09. The molecule has 5 heteroatoms. The standard InChI is InChI=1S/C18H16N2O3/c1-2-23-17-8-6-15(7-9-17)20-18(22)14(12-19)10-13-4-3-5-16(21)11-13/h3-11,21H,2H2,1H3,(H,20,22)/b14-10-. The van der Waals surface area contributed by atoms with Gasteiger partial charge in [-0.3, -0.25) is 4.79 Å². The van der Waals surface area contributed by atoms with Gasteiger partial charge in [0.2, 0.25) is 0 Å². The third-order valence-corrected chi connectivity index (χ3v) is 2.97. The fourth-order valence-electron chi connectivity index (χ4n) is 1.93. The van der Waals surface area contributed by atoms with Crippen LogP contribution in [0.1, 0.15) is 12.5 Å². The van der Waals surface area contributed by atoms with Crippen LogP contribution >= 0.6 is 0 Å². The van der Waals surface area contributed by atoms with Gasteiger partial charge in [0.1, 0.15) is 23.1 Å². The number of amides is 1. The summed E-state index contributed by atoms with van der Waals surface area (Å²) in [6.07, 6.45) is 1.42. The molecular weight excluding hydrogens is 292 g/mol. The van der Waals surface area contributed by atoms with Gasteiger partial charge in [-0.25, -0.2) is 0 Å². The highest BCUT2D eigenvalue weighted by atomic mass is 16.5. The van der Waals surface area contributed by atoms with Crippen molar-refractivity contribution >= 4 is 17.7 Å². The largest absolute Gasteiger partial charge is 0.508 e. The Morgan fingerprint density at radius 2 is 2.04 bits per heavy atom. The average molecular weight is 308 g/mol. The van der Waals surface area contributed by atoms with Crippen molar-refractivity contribution < 1.29 is 14.6 Å². The lowest BCUT2D eigenvalue weighted by Crippen LogP contribution is -2.13. The Morgan fingerprint density at radius 3 is 2.65 bits per heavy atom. The second-order valence-corrected chi connectivity index (χ2v) is 4.68. The molecule has 0 atom stereocenters. The van der Waals surface area contributed by atoms with Gasteiger partial charge in [-0.15, -0.1) is 0 Å². The van der Waals surface area contributed by atoms with E-state index in [0.717, 1.165) is 0 Å². The number of phenolic OH excluding ortho intramolecular Hbond substituents is 1. The third-order valence-electron chi connectivity index (χ3n) is 2.97. The van der Waals surface area contributed by atoms with Gasteiger partial charge in [0.15, 0.2) is 0 Å². The molecule has 1 amide bonds. The first-order valence-electron chi connectivity index (χ1n) is 7.07. The van der Waals surface area contributed by atoms with Crippen molar-refractivity contribution in [3.8, 4) is 17.6 Å². The summed E-state index contributed by atoms with van der Waals surface area (Å²) >= 11 is 0. The molecule has 2 rings (SSSR count). The summed E-state index contributed by atoms with van der Waals surface area (Å²) in [5.74, 6) is 0.268. The second kappa shape index (κ2) is 7.66. The lowest BCUT2D eigenvalue weighted by atomic mass is 10.1. The zero-order valence-corrected chi connectivity index (χ0v) is 12.6. The monoisotopic (exact) mass is 308 g/mol. The highest BCUT2D eigenvalue weighted by Crippen LogP contribution is 2.18. The van der Waals surface area contributed by atoms with Crippen LogP contribution in [0.3, 0.4) is 0 Å². The van der Waals surface area contributed by atoms with Crippen LogP contribution in [0.4, 0.5) is 5.69 Å². The Kier molecular flexibility index (Phi) is 5.37. The lowest BCUT2D eigenvalue weighted by Gasteiger charge is -2.06. The summed E-state index contributed by atoms with van der Waals surface area (Å²) in [7, 11) is 0. The quantitative estimate of drug-likeness (QED) is 0.655. The average Bonchev–Trinajstić information content (AvgIpc) is 2.54. The van der Waals surface area contributed by atoms with E-state index in [4.69, 9.17) is 10.00 Å². The van der Waals surface area contributed by atoms with Crippen LogP contribution in [0.5, 0.6) is 11.5 Å². The van der Waals surface area contributed by atoms with E-state index < -0.39 is 5.91 Å². The van der Waals surface area contributed by atoms with Gasteiger partial charge >= 0.3 is 0 Å². The first-order chi connectivity index (χ1) is 11.1. The molecule has 0 aliphatic carbocycles. The molecule has 0 fully saturated rings. The Balaban J connectivity index is 2.12. The maximum absolute atomic E-state index is 12.1. The zero-order chi connectivity index (χ0) is 16.7. The molecule has 2 aromatic carbocycles. The van der Waals surface area contributed by atoms with E-state index in [-0.39, 0.29) is 11.3 Å². The van der Waals surface area contributed by atoms with Crippen molar-refractivity contribution in [2.45, 2.75) is 6.92 Å². The highest BCUT2D eigenvalue weighted by Gasteiger charge is 2.09. The maximum atomic E-state index is 12.1. The van der Waals surface area contributed by atoms with Crippen molar-refractivity contribution in [1.29, 1.82) is 5.26 Å². The van der Waals surface area contributed by atoms with E-state index in [1.165, 1.54) is 18.2 Å². The summed E-state index contributed by atoms with van der Waals surface area (Å²) in [5, 5.41) is 21.2. The molecule has 0 aliphatic heterocycles. The summed E-state index contributed by atoms with van der Waals surface area (Å²) in [6, 6.07) is 15.1. The number of hydrogen-bond donors (Lipinski definition) is 2. The smallest absolute Gasteiger partial charge is 0.266 e. The molecule has 23 heavy (non-hydrogen) atoms. The molecule has 0 aromatic heterocycles. The molecule has 0 saturated carbocycles. The van der Waals surface area contributed by atoms with Gasteiger partial charge in [-0.1, -0.05) is 12.1 Å². The van der Waals surface area contributed by atoms with Crippen LogP contribution in [-0.2, 0) is 4.79 Å². The number of benzene rings is 2. The Labute approximate surface area is 134 Å². The number of hydrogen-bond acceptors (Lipinski definition) is 4. The number of anilines is 1. The molecule has 2 N–H and O–H groups in total. The maximum Gasteiger partial charge on any atom is 0.266 e. The SMILES string of the molecule is CCOc1ccc(NC(=O)/C(C#N)=C\c2cccc(O)c2)cc1. The van der Waals surface area contributed by atoms with Crippen LogP contribution in [0, 0.1) is 11.3 Å². The van der Waals surface area contributed by atoms with Gasteiger partial charge in [-0.05, 0) is 55.0 Å². The van der Waals surface area contributed by atoms with E-state index in [2.05, 4.69) is 5.32 Å². The Bertz CT molecular complexity index is 759. The molecule has 0 saturated heterocycles. The molecule has 5 nitrogen and oxygen atoms in total. The second-order valence-electron chi connectivity index (χ2n) is 4.68. The molecule has 0 radical (unpaired) electrons. The molecule has 0 unspecified atom stereocenters. The van der Waals surface area contributed by atoms with E-state index in [0.29, 0.717) is 23.6 Å². The van der Waals surface area contributed by atoms with Crippen molar-refractivity contribution in [1.82, 2.24) is 0 Å². The summed E-state index contributed by atoms with van der Waals surface area (Å²) in [6.45, 7) is 2.46. The van der Waals surface area contributed by atoms with Crippen molar-refractivity contribution in [2.75, 3.05) is 11.9 Å². The third kappa shape index (κ3) is 4.61. The lowest BCUT2D eigenvalue weighted by molar-refractivity contribution is -0.112. The molecule has 0 aliphatic rings. The number of carbonyl (C=O) groups is 1. The number of nitrogens with zero attached hydrogens (tertiary/aromatic N) is 1. The number of nitriles is 1. The number of nitrogens with one attached hydrogen (secondary N) is 1. The van der Waals surface area contributed by atoms with Gasteiger partial charge in [-0.2, -0.15) is 5.26 Å². The summed E-state index contributed by atoms with van der Waals surface area (Å²) in [4.78, 5) is 12.1. The number of aromatic hydroxyl groups is 1. The first kappa shape index (κ1) is 16.1. The molecule has 0 bridgehead atoms. The van der Waals surface area contributed by atoms with Crippen LogP contribution in [-0.4, -0.2) is 17.6 Å². The normalized spacial score (nSPS) is 10.7. The molecular formula is C18H16N2O3. The van der Waals surface area contributed by atoms with Gasteiger partial charge in [0, 0.05) is 5.69 Å². The van der Waals surface area contributed by atoms with Gasteiger partial charge in [0.05, 0.1) is 6.61 Å². The molecule has 116 valence electrons. The number of phenols is 1. The van der Waals surface area contributed by atoms with Crippen LogP contribution in [0.25, 0.3) is 6.08 Å². The van der Waals surface area contributed by atoms with Gasteiger partial charge in [0.25, 0.3) is 5.91 Å². The molecule has 0 spiro atoms. The van der Waals surface area contributed by atoms with E-state index in [9.17, 15) is 9.90 Å². The van der Waals surface area contributed by atoms with Crippen LogP contribution < -0.4 is 10.1 Å². The minimum atomic E-state index is -0.514. The number of carbonyl (C=O) groups excluding carboxylic acids is 1. The van der Waals surface area contributed by atoms with Gasteiger partial charge < -0.3 is 15.2 Å². The van der Waals surface area contributed by atoms with E-state index >= 15 is 0 Å². The number of rotatable bonds is 5.